The van der Waals surface area contributed by atoms with Crippen molar-refractivity contribution in [3.8, 4) is 35.1 Å². The Morgan fingerprint density at radius 3 is 1.77 bits per heavy atom. The van der Waals surface area contributed by atoms with E-state index in [9.17, 15) is 9.59 Å². The minimum absolute atomic E-state index is 0.0650. The molecule has 1 saturated carbocycles. The van der Waals surface area contributed by atoms with Gasteiger partial charge in [-0.3, -0.25) is 0 Å². The third-order valence-corrected chi connectivity index (χ3v) is 7.04. The van der Waals surface area contributed by atoms with Crippen LogP contribution in [-0.2, 0) is 16.1 Å². The largest absolute Gasteiger partial charge is 0.459 e. The smallest absolute Gasteiger partial charge is 0.407 e. The summed E-state index contributed by atoms with van der Waals surface area (Å²) >= 11 is 0. The number of carbonyl (C=O) groups is 2. The van der Waals surface area contributed by atoms with Crippen LogP contribution in [-0.4, -0.2) is 24.2 Å². The van der Waals surface area contributed by atoms with Gasteiger partial charge in [0.2, 0.25) is 0 Å². The van der Waals surface area contributed by atoms with Crippen LogP contribution in [0.1, 0.15) is 52.7 Å². The highest BCUT2D eigenvalue weighted by atomic mass is 16.6. The molecule has 5 rings (SSSR count). The van der Waals surface area contributed by atoms with Crippen LogP contribution in [0, 0.1) is 22.7 Å². The van der Waals surface area contributed by atoms with Crippen molar-refractivity contribution in [1.29, 1.82) is 10.5 Å². The number of hydrogen-bond donors (Lipinski definition) is 1. The van der Waals surface area contributed by atoms with Crippen LogP contribution in [0.4, 0.5) is 4.79 Å². The van der Waals surface area contributed by atoms with Crippen molar-refractivity contribution in [2.75, 3.05) is 0 Å². The zero-order valence-corrected chi connectivity index (χ0v) is 23.8. The van der Waals surface area contributed by atoms with Crippen molar-refractivity contribution in [2.45, 2.75) is 44.4 Å². The Morgan fingerprint density at radius 2 is 1.25 bits per heavy atom. The number of nitriles is 2. The SMILES string of the molecule is N#Cc1ccc(Oc2cc(Oc3ccc(C#N)cc3)cc(C(=O)OC3CCC(NC(=O)OCc4ccccc4)CC3)c2)cc1. The van der Waals surface area contributed by atoms with Crippen LogP contribution in [0.2, 0.25) is 0 Å². The maximum Gasteiger partial charge on any atom is 0.407 e. The van der Waals surface area contributed by atoms with E-state index < -0.39 is 12.1 Å². The topological polar surface area (TPSA) is 131 Å². The first-order valence-corrected chi connectivity index (χ1v) is 14.2. The third kappa shape index (κ3) is 8.37. The molecule has 0 atom stereocenters. The molecule has 0 radical (unpaired) electrons. The summed E-state index contributed by atoms with van der Waals surface area (Å²) in [5.74, 6) is 1.11. The van der Waals surface area contributed by atoms with Crippen molar-refractivity contribution in [2.24, 2.45) is 0 Å². The number of alkyl carbamates (subject to hydrolysis) is 1. The zero-order chi connectivity index (χ0) is 30.7. The summed E-state index contributed by atoms with van der Waals surface area (Å²) in [5.41, 5.74) is 2.14. The van der Waals surface area contributed by atoms with Crippen molar-refractivity contribution in [1.82, 2.24) is 5.32 Å². The molecule has 9 heteroatoms. The van der Waals surface area contributed by atoms with Gasteiger partial charge in [0, 0.05) is 12.1 Å². The highest BCUT2D eigenvalue weighted by Crippen LogP contribution is 2.32. The number of carbonyl (C=O) groups excluding carboxylic acids is 2. The van der Waals surface area contributed by atoms with Gasteiger partial charge in [-0.1, -0.05) is 30.3 Å². The van der Waals surface area contributed by atoms with Crippen LogP contribution in [0.3, 0.4) is 0 Å². The molecule has 0 aromatic heterocycles. The molecule has 44 heavy (non-hydrogen) atoms. The van der Waals surface area contributed by atoms with E-state index in [1.54, 1.807) is 66.7 Å². The number of benzene rings is 4. The minimum Gasteiger partial charge on any atom is -0.459 e. The lowest BCUT2D eigenvalue weighted by atomic mass is 9.93. The summed E-state index contributed by atoms with van der Waals surface area (Å²) in [6, 6.07) is 31.5. The predicted molar refractivity (Wildman–Crippen MR) is 160 cm³/mol. The molecule has 0 bridgehead atoms. The van der Waals surface area contributed by atoms with Crippen molar-refractivity contribution >= 4 is 12.1 Å². The molecule has 4 aromatic carbocycles. The van der Waals surface area contributed by atoms with Crippen molar-refractivity contribution in [3.63, 3.8) is 0 Å². The van der Waals surface area contributed by atoms with Crippen molar-refractivity contribution in [3.05, 3.63) is 119 Å². The number of nitrogens with zero attached hydrogens (tertiary/aromatic N) is 2. The number of rotatable bonds is 9. The van der Waals surface area contributed by atoms with Crippen LogP contribution >= 0.6 is 0 Å². The molecule has 4 aromatic rings. The Bertz CT molecular complexity index is 1590. The summed E-state index contributed by atoms with van der Waals surface area (Å²) in [6.07, 6.45) is 1.69. The van der Waals surface area contributed by atoms with E-state index in [0.717, 1.165) is 5.56 Å². The molecular weight excluding hydrogens is 558 g/mol. The average molecular weight is 588 g/mol. The third-order valence-electron chi connectivity index (χ3n) is 7.04. The van der Waals surface area contributed by atoms with E-state index in [-0.39, 0.29) is 24.3 Å². The summed E-state index contributed by atoms with van der Waals surface area (Å²) in [6.45, 7) is 0.199. The molecule has 9 nitrogen and oxygen atoms in total. The van der Waals surface area contributed by atoms with Crippen molar-refractivity contribution < 1.29 is 28.5 Å². The van der Waals surface area contributed by atoms with Gasteiger partial charge < -0.3 is 24.3 Å². The van der Waals surface area contributed by atoms with Gasteiger partial charge in [0.1, 0.15) is 35.7 Å². The first kappa shape index (κ1) is 29.7. The van der Waals surface area contributed by atoms with Gasteiger partial charge in [-0.2, -0.15) is 10.5 Å². The Morgan fingerprint density at radius 1 is 0.705 bits per heavy atom. The van der Waals surface area contributed by atoms with Gasteiger partial charge in [0.15, 0.2) is 0 Å². The van der Waals surface area contributed by atoms with Gasteiger partial charge in [-0.05, 0) is 91.9 Å². The molecule has 0 unspecified atom stereocenters. The van der Waals surface area contributed by atoms with Crippen LogP contribution in [0.5, 0.6) is 23.0 Å². The van der Waals surface area contributed by atoms with Crippen LogP contribution in [0.25, 0.3) is 0 Å². The van der Waals surface area contributed by atoms with E-state index in [0.29, 0.717) is 59.8 Å². The van der Waals surface area contributed by atoms with Crippen LogP contribution < -0.4 is 14.8 Å². The Labute approximate surface area is 255 Å². The average Bonchev–Trinajstić information content (AvgIpc) is 3.06. The number of ether oxygens (including phenoxy) is 4. The molecule has 0 heterocycles. The second-order valence-corrected chi connectivity index (χ2v) is 10.3. The van der Waals surface area contributed by atoms with Gasteiger partial charge in [-0.25, -0.2) is 9.59 Å². The number of amides is 1. The first-order valence-electron chi connectivity index (χ1n) is 14.2. The van der Waals surface area contributed by atoms with Gasteiger partial charge >= 0.3 is 12.1 Å². The molecule has 1 aliphatic rings. The summed E-state index contributed by atoms with van der Waals surface area (Å²) in [4.78, 5) is 25.5. The number of nitrogens with one attached hydrogen (secondary N) is 1. The molecule has 1 N–H and O–H groups in total. The summed E-state index contributed by atoms with van der Waals surface area (Å²) in [7, 11) is 0. The highest BCUT2D eigenvalue weighted by molar-refractivity contribution is 5.90. The fraction of sp³-hybridized carbons (Fsp3) is 0.200. The standard InChI is InChI=1S/C35H29N3O6/c36-21-24-6-12-29(13-7-24)42-32-18-27(19-33(20-32)43-30-14-8-25(22-37)9-15-30)34(39)44-31-16-10-28(11-17-31)38-35(40)41-23-26-4-2-1-3-5-26/h1-9,12-15,18-20,28,31H,10-11,16-17,23H2,(H,38,40). The summed E-state index contributed by atoms with van der Waals surface area (Å²) in [5, 5.41) is 21.0. The first-order chi connectivity index (χ1) is 21.5. The second-order valence-electron chi connectivity index (χ2n) is 10.3. The zero-order valence-electron chi connectivity index (χ0n) is 23.8. The predicted octanol–water partition coefficient (Wildman–Crippen LogP) is 7.41. The van der Waals surface area contributed by atoms with Crippen LogP contribution in [0.15, 0.2) is 97.1 Å². The van der Waals surface area contributed by atoms with Gasteiger partial charge in [0.25, 0.3) is 0 Å². The lowest BCUT2D eigenvalue weighted by molar-refractivity contribution is 0.0181. The van der Waals surface area contributed by atoms with Gasteiger partial charge in [-0.15, -0.1) is 0 Å². The normalized spacial score (nSPS) is 15.6. The maximum atomic E-state index is 13.3. The molecule has 1 fully saturated rings. The lowest BCUT2D eigenvalue weighted by Crippen LogP contribution is -2.39. The molecule has 0 spiro atoms. The Kier molecular flexibility index (Phi) is 9.71. The number of esters is 1. The fourth-order valence-electron chi connectivity index (χ4n) is 4.75. The highest BCUT2D eigenvalue weighted by Gasteiger charge is 2.26. The lowest BCUT2D eigenvalue weighted by Gasteiger charge is -2.28. The van der Waals surface area contributed by atoms with E-state index in [4.69, 9.17) is 29.5 Å². The van der Waals surface area contributed by atoms with E-state index >= 15 is 0 Å². The maximum absolute atomic E-state index is 13.3. The second kappa shape index (κ2) is 14.4. The number of hydrogen-bond acceptors (Lipinski definition) is 8. The Balaban J connectivity index is 1.21. The van der Waals surface area contributed by atoms with E-state index in [1.165, 1.54) is 0 Å². The molecule has 220 valence electrons. The van der Waals surface area contributed by atoms with Gasteiger partial charge in [0.05, 0.1) is 28.8 Å². The quantitative estimate of drug-likeness (QED) is 0.200. The van der Waals surface area contributed by atoms with E-state index in [1.807, 2.05) is 30.3 Å². The molecule has 1 aliphatic carbocycles. The summed E-state index contributed by atoms with van der Waals surface area (Å²) < 4.78 is 23.1. The monoisotopic (exact) mass is 587 g/mol. The molecule has 0 saturated heterocycles. The Hall–Kier alpha value is -5.80. The molecule has 0 aliphatic heterocycles. The van der Waals surface area contributed by atoms with E-state index in [2.05, 4.69) is 17.5 Å². The minimum atomic E-state index is -0.529. The molecule has 1 amide bonds. The molecular formula is C35H29N3O6. The fourth-order valence-corrected chi connectivity index (χ4v) is 4.75.